The van der Waals surface area contributed by atoms with Crippen LogP contribution in [0.1, 0.15) is 42.2 Å². The van der Waals surface area contributed by atoms with Crippen molar-refractivity contribution in [2.45, 2.75) is 87.4 Å². The number of anilines is 1. The lowest BCUT2D eigenvalue weighted by atomic mass is 9.86. The zero-order valence-corrected chi connectivity index (χ0v) is 32.0. The number of hydrogen-bond donors (Lipinski definition) is 6. The Morgan fingerprint density at radius 2 is 1.70 bits per heavy atom. The topological polar surface area (TPSA) is 198 Å². The quantitative estimate of drug-likeness (QED) is 0.109. The van der Waals surface area contributed by atoms with Crippen molar-refractivity contribution in [2.75, 3.05) is 26.1 Å². The molecule has 2 aliphatic heterocycles. The average molecular weight is 763 g/mol. The van der Waals surface area contributed by atoms with Crippen molar-refractivity contribution < 1.29 is 49.3 Å². The van der Waals surface area contributed by atoms with Crippen LogP contribution in [-0.4, -0.2) is 112 Å². The molecule has 1 amide bonds. The lowest BCUT2D eigenvalue weighted by molar-refractivity contribution is -0.274. The van der Waals surface area contributed by atoms with E-state index in [1.165, 1.54) is 5.19 Å². The monoisotopic (exact) mass is 762 g/mol. The van der Waals surface area contributed by atoms with Crippen LogP contribution < -0.4 is 20.0 Å². The first-order valence-electron chi connectivity index (χ1n) is 18.1. The van der Waals surface area contributed by atoms with Gasteiger partial charge in [0.05, 0.1) is 39.5 Å². The Kier molecular flexibility index (Phi) is 12.2. The van der Waals surface area contributed by atoms with Crippen molar-refractivity contribution in [3.63, 3.8) is 0 Å². The first-order valence-corrected chi connectivity index (χ1v) is 21.2. The van der Waals surface area contributed by atoms with E-state index in [0.29, 0.717) is 30.1 Å². The molecular weight excluding hydrogens is 713 g/mol. The molecule has 0 bridgehead atoms. The van der Waals surface area contributed by atoms with Crippen LogP contribution in [0.15, 0.2) is 79.0 Å². The smallest absolute Gasteiger partial charge is 0.256 e. The van der Waals surface area contributed by atoms with Gasteiger partial charge in [0.25, 0.3) is 5.91 Å². The van der Waals surface area contributed by atoms with E-state index in [1.807, 2.05) is 53.3 Å². The van der Waals surface area contributed by atoms with Crippen LogP contribution in [0.25, 0.3) is 0 Å². The van der Waals surface area contributed by atoms with Crippen LogP contribution >= 0.6 is 0 Å². The zero-order chi connectivity index (χ0) is 38.7. The van der Waals surface area contributed by atoms with Gasteiger partial charge in [0.15, 0.2) is 12.4 Å². The number of aliphatic hydroxyl groups is 5. The van der Waals surface area contributed by atoms with Gasteiger partial charge in [-0.05, 0) is 47.9 Å². The summed E-state index contributed by atoms with van der Waals surface area (Å²) >= 11 is 0. The summed E-state index contributed by atoms with van der Waals surface area (Å²) in [5.41, 5.74) is 2.80. The molecule has 15 heteroatoms. The summed E-state index contributed by atoms with van der Waals surface area (Å²) in [5, 5.41) is 63.3. The number of aromatic nitrogens is 3. The van der Waals surface area contributed by atoms with E-state index < -0.39 is 50.8 Å². The van der Waals surface area contributed by atoms with Gasteiger partial charge in [0, 0.05) is 37.0 Å². The van der Waals surface area contributed by atoms with Crippen molar-refractivity contribution in [3.05, 3.63) is 95.8 Å². The zero-order valence-electron chi connectivity index (χ0n) is 31.0. The maximum atomic E-state index is 13.1. The SMILES string of the molecule is COc1ccc([Si](C)(C)C(CCn2cc(C(CO)c3ccccc3)nn2)[C@H]2Oc3ccc(NC(=O)[C@H]4O[C@@H](O)[C@H](O)[C@@H](O)[C@@H]4O)cc3[C@@H](OC)[C@@H]2C)cc1. The number of aryl methyl sites for hydroxylation is 1. The minimum absolute atomic E-state index is 0.0552. The predicted octanol–water partition coefficient (Wildman–Crippen LogP) is 2.31. The van der Waals surface area contributed by atoms with Gasteiger partial charge in [-0.15, -0.1) is 5.10 Å². The highest BCUT2D eigenvalue weighted by Crippen LogP contribution is 2.48. The van der Waals surface area contributed by atoms with Crippen LogP contribution in [0.5, 0.6) is 11.5 Å². The largest absolute Gasteiger partial charge is 0.497 e. The number of benzene rings is 3. The Balaban J connectivity index is 1.27. The molecule has 1 saturated heterocycles. The summed E-state index contributed by atoms with van der Waals surface area (Å²) in [4.78, 5) is 13.1. The summed E-state index contributed by atoms with van der Waals surface area (Å²) in [6.07, 6.45) is -6.81. The highest BCUT2D eigenvalue weighted by molar-refractivity contribution is 6.91. The fourth-order valence-electron chi connectivity index (χ4n) is 7.83. The lowest BCUT2D eigenvalue weighted by Crippen LogP contribution is -2.60. The van der Waals surface area contributed by atoms with E-state index in [0.717, 1.165) is 16.9 Å². The van der Waals surface area contributed by atoms with Crippen LogP contribution in [0.3, 0.4) is 0 Å². The minimum Gasteiger partial charge on any atom is -0.497 e. The van der Waals surface area contributed by atoms with Crippen molar-refractivity contribution in [1.29, 1.82) is 0 Å². The Hall–Kier alpha value is -4.19. The number of rotatable bonds is 13. The van der Waals surface area contributed by atoms with Crippen molar-refractivity contribution in [1.82, 2.24) is 15.0 Å². The first kappa shape index (κ1) is 39.5. The summed E-state index contributed by atoms with van der Waals surface area (Å²) < 4.78 is 25.5. The van der Waals surface area contributed by atoms with Gasteiger partial charge >= 0.3 is 0 Å². The van der Waals surface area contributed by atoms with Gasteiger partial charge in [0.2, 0.25) is 0 Å². The number of ether oxygens (including phenoxy) is 4. The molecule has 3 heterocycles. The van der Waals surface area contributed by atoms with Crippen molar-refractivity contribution >= 4 is 24.9 Å². The van der Waals surface area contributed by atoms with Gasteiger partial charge in [0.1, 0.15) is 35.9 Å². The predicted molar refractivity (Wildman–Crippen MR) is 201 cm³/mol. The van der Waals surface area contributed by atoms with E-state index in [1.54, 1.807) is 32.4 Å². The average Bonchev–Trinajstić information content (AvgIpc) is 3.64. The summed E-state index contributed by atoms with van der Waals surface area (Å²) in [6, 6.07) is 23.2. The second-order valence-corrected chi connectivity index (χ2v) is 19.4. The fourth-order valence-corrected chi connectivity index (χ4v) is 11.3. The summed E-state index contributed by atoms with van der Waals surface area (Å²) in [7, 11) is 0.957. The molecule has 1 fully saturated rings. The number of nitrogens with one attached hydrogen (secondary N) is 1. The number of fused-ring (bicyclic) bond motifs is 1. The maximum Gasteiger partial charge on any atom is 0.256 e. The molecule has 10 atom stereocenters. The molecule has 14 nitrogen and oxygen atoms in total. The molecule has 290 valence electrons. The van der Waals surface area contributed by atoms with Crippen LogP contribution in [0, 0.1) is 5.92 Å². The Morgan fingerprint density at radius 3 is 2.37 bits per heavy atom. The van der Waals surface area contributed by atoms with Crippen molar-refractivity contribution in [2.24, 2.45) is 5.92 Å². The Bertz CT molecular complexity index is 1860. The molecule has 0 aliphatic carbocycles. The molecule has 2 unspecified atom stereocenters. The number of carbonyl (C=O) groups is 1. The molecule has 54 heavy (non-hydrogen) atoms. The Labute approximate surface area is 315 Å². The van der Waals surface area contributed by atoms with E-state index >= 15 is 0 Å². The molecule has 0 radical (unpaired) electrons. The minimum atomic E-state index is -2.33. The molecule has 3 aromatic carbocycles. The third-order valence-corrected chi connectivity index (χ3v) is 15.4. The highest BCUT2D eigenvalue weighted by Gasteiger charge is 2.48. The van der Waals surface area contributed by atoms with E-state index in [9.17, 15) is 30.3 Å². The number of nitrogens with zero attached hydrogens (tertiary/aromatic N) is 3. The summed E-state index contributed by atoms with van der Waals surface area (Å²) in [6.45, 7) is 7.24. The van der Waals surface area contributed by atoms with Crippen LogP contribution in [0.2, 0.25) is 18.6 Å². The first-order chi connectivity index (χ1) is 25.9. The molecule has 1 aromatic heterocycles. The van der Waals surface area contributed by atoms with Gasteiger partial charge in [-0.3, -0.25) is 9.48 Å². The van der Waals surface area contributed by atoms with Gasteiger partial charge in [-0.2, -0.15) is 0 Å². The molecule has 0 saturated carbocycles. The number of methoxy groups -OCH3 is 2. The second kappa shape index (κ2) is 16.7. The fraction of sp³-hybridized carbons (Fsp3) is 0.462. The summed E-state index contributed by atoms with van der Waals surface area (Å²) in [5.74, 6) is 0.151. The molecule has 2 aliphatic rings. The normalized spacial score (nSPS) is 26.6. The number of aliphatic hydroxyl groups excluding tert-OH is 5. The van der Waals surface area contributed by atoms with Crippen molar-refractivity contribution in [3.8, 4) is 11.5 Å². The molecule has 4 aromatic rings. The second-order valence-electron chi connectivity index (χ2n) is 14.7. The standard InChI is InChI=1S/C39H50N4O10Si/c1-22-35(51-3)27-19-24(40-38(48)37-33(46)32(45)34(47)39(49)53-37)11-16-30(27)52-36(22)31(54(4,5)26-14-12-25(50-2)13-15-26)17-18-43-20-29(41-42-43)28(21-44)23-9-7-6-8-10-23/h6-16,19-20,22,28,31-37,39,44-47,49H,17-18,21H2,1-5H3,(H,40,48)/t22-,28?,31?,32-,33-,34+,35-,36-,37-,39+/m0/s1. The molecule has 6 rings (SSSR count). The van der Waals surface area contributed by atoms with Gasteiger partial charge < -0.3 is 49.8 Å². The number of amides is 1. The lowest BCUT2D eigenvalue weighted by Gasteiger charge is -2.46. The van der Waals surface area contributed by atoms with E-state index in [4.69, 9.17) is 18.9 Å². The maximum absolute atomic E-state index is 13.1. The number of hydrogen-bond acceptors (Lipinski definition) is 12. The molecule has 0 spiro atoms. The molecule has 6 N–H and O–H groups in total. The molecular formula is C39H50N4O10Si. The van der Waals surface area contributed by atoms with Crippen LogP contribution in [-0.2, 0) is 20.8 Å². The number of carbonyl (C=O) groups excluding carboxylic acids is 1. The Morgan fingerprint density at radius 1 is 0.981 bits per heavy atom. The van der Waals surface area contributed by atoms with E-state index in [2.05, 4.69) is 47.8 Å². The van der Waals surface area contributed by atoms with Gasteiger partial charge in [-0.25, -0.2) is 0 Å². The van der Waals surface area contributed by atoms with Gasteiger partial charge in [-0.1, -0.05) is 72.9 Å². The third kappa shape index (κ3) is 7.95. The van der Waals surface area contributed by atoms with Crippen LogP contribution in [0.4, 0.5) is 5.69 Å². The third-order valence-electron chi connectivity index (χ3n) is 11.1. The van der Waals surface area contributed by atoms with E-state index in [-0.39, 0.29) is 30.1 Å². The highest BCUT2D eigenvalue weighted by atomic mass is 28.3.